The standard InChI is InChI=1S/C14H16BrN3O2/c1-9-13(10(2)20-18-9)7-16-8-14(19)17-12-5-3-4-11(15)6-12/h3-6,16H,7-8H2,1-2H3,(H,17,19). The number of rotatable bonds is 5. The molecule has 0 aliphatic heterocycles. The van der Waals surface area contributed by atoms with Crippen LogP contribution in [0, 0.1) is 13.8 Å². The zero-order chi connectivity index (χ0) is 14.5. The molecule has 2 rings (SSSR count). The van der Waals surface area contributed by atoms with Crippen LogP contribution in [0.3, 0.4) is 0 Å². The third-order valence-corrected chi connectivity index (χ3v) is 3.37. The minimum absolute atomic E-state index is 0.0881. The van der Waals surface area contributed by atoms with Gasteiger partial charge in [0.2, 0.25) is 5.91 Å². The molecular formula is C14H16BrN3O2. The Morgan fingerprint density at radius 3 is 2.85 bits per heavy atom. The molecular weight excluding hydrogens is 322 g/mol. The van der Waals surface area contributed by atoms with Crippen molar-refractivity contribution in [2.45, 2.75) is 20.4 Å². The van der Waals surface area contributed by atoms with Gasteiger partial charge in [0, 0.05) is 22.3 Å². The van der Waals surface area contributed by atoms with Gasteiger partial charge in [0.15, 0.2) is 0 Å². The molecule has 0 aliphatic rings. The van der Waals surface area contributed by atoms with Gasteiger partial charge in [-0.25, -0.2) is 0 Å². The van der Waals surface area contributed by atoms with Gasteiger partial charge in [0.25, 0.3) is 0 Å². The SMILES string of the molecule is Cc1noc(C)c1CNCC(=O)Nc1cccc(Br)c1. The highest BCUT2D eigenvalue weighted by Gasteiger charge is 2.09. The Balaban J connectivity index is 1.81. The molecule has 0 saturated heterocycles. The molecule has 1 aromatic heterocycles. The van der Waals surface area contributed by atoms with E-state index in [2.05, 4.69) is 31.7 Å². The molecule has 0 radical (unpaired) electrons. The van der Waals surface area contributed by atoms with Gasteiger partial charge < -0.3 is 15.2 Å². The molecule has 6 heteroatoms. The van der Waals surface area contributed by atoms with E-state index < -0.39 is 0 Å². The molecule has 2 N–H and O–H groups in total. The number of aryl methyl sites for hydroxylation is 2. The van der Waals surface area contributed by atoms with Crippen molar-refractivity contribution in [2.75, 3.05) is 11.9 Å². The first-order valence-corrected chi connectivity index (χ1v) is 7.03. The van der Waals surface area contributed by atoms with Crippen molar-refractivity contribution in [2.24, 2.45) is 0 Å². The second-order valence-corrected chi connectivity index (χ2v) is 5.38. The fourth-order valence-electron chi connectivity index (χ4n) is 1.83. The van der Waals surface area contributed by atoms with E-state index in [1.54, 1.807) is 0 Å². The van der Waals surface area contributed by atoms with E-state index in [-0.39, 0.29) is 12.5 Å². The molecule has 1 amide bonds. The lowest BCUT2D eigenvalue weighted by Crippen LogP contribution is -2.28. The summed E-state index contributed by atoms with van der Waals surface area (Å²) in [7, 11) is 0. The second kappa shape index (κ2) is 6.67. The van der Waals surface area contributed by atoms with E-state index in [1.165, 1.54) is 0 Å². The highest BCUT2D eigenvalue weighted by atomic mass is 79.9. The molecule has 0 bridgehead atoms. The van der Waals surface area contributed by atoms with E-state index in [1.807, 2.05) is 38.1 Å². The van der Waals surface area contributed by atoms with E-state index >= 15 is 0 Å². The summed E-state index contributed by atoms with van der Waals surface area (Å²) < 4.78 is 6.00. The number of nitrogens with one attached hydrogen (secondary N) is 2. The van der Waals surface area contributed by atoms with Crippen LogP contribution in [0.25, 0.3) is 0 Å². The normalized spacial score (nSPS) is 10.6. The van der Waals surface area contributed by atoms with Crippen molar-refractivity contribution in [3.8, 4) is 0 Å². The molecule has 0 fully saturated rings. The van der Waals surface area contributed by atoms with Gasteiger partial charge in [0.1, 0.15) is 5.76 Å². The number of halogens is 1. The number of amides is 1. The first-order chi connectivity index (χ1) is 9.56. The molecule has 0 spiro atoms. The van der Waals surface area contributed by atoms with E-state index in [4.69, 9.17) is 4.52 Å². The van der Waals surface area contributed by atoms with Crippen molar-refractivity contribution in [1.29, 1.82) is 0 Å². The van der Waals surface area contributed by atoms with Crippen LogP contribution >= 0.6 is 15.9 Å². The molecule has 0 unspecified atom stereocenters. The molecule has 0 saturated carbocycles. The lowest BCUT2D eigenvalue weighted by atomic mass is 10.2. The number of hydrogen-bond acceptors (Lipinski definition) is 4. The minimum atomic E-state index is -0.0881. The minimum Gasteiger partial charge on any atom is -0.361 e. The summed E-state index contributed by atoms with van der Waals surface area (Å²) in [5, 5.41) is 9.77. The number of aromatic nitrogens is 1. The highest BCUT2D eigenvalue weighted by molar-refractivity contribution is 9.10. The average Bonchev–Trinajstić information content (AvgIpc) is 2.70. The molecule has 2 aromatic rings. The maximum Gasteiger partial charge on any atom is 0.238 e. The number of hydrogen-bond donors (Lipinski definition) is 2. The highest BCUT2D eigenvalue weighted by Crippen LogP contribution is 2.15. The Kier molecular flexibility index (Phi) is 4.92. The van der Waals surface area contributed by atoms with Crippen LogP contribution in [0.5, 0.6) is 0 Å². The summed E-state index contributed by atoms with van der Waals surface area (Å²) in [4.78, 5) is 11.8. The zero-order valence-electron chi connectivity index (χ0n) is 11.4. The molecule has 0 aliphatic carbocycles. The Hall–Kier alpha value is -1.66. The summed E-state index contributed by atoms with van der Waals surface area (Å²) in [5.41, 5.74) is 2.62. The number of benzene rings is 1. The Bertz CT molecular complexity index is 591. The molecule has 1 aromatic carbocycles. The lowest BCUT2D eigenvalue weighted by Gasteiger charge is -2.07. The predicted octanol–water partition coefficient (Wildman–Crippen LogP) is 2.78. The van der Waals surface area contributed by atoms with Gasteiger partial charge in [-0.3, -0.25) is 4.79 Å². The van der Waals surface area contributed by atoms with Gasteiger partial charge >= 0.3 is 0 Å². The third-order valence-electron chi connectivity index (χ3n) is 2.88. The van der Waals surface area contributed by atoms with E-state index in [9.17, 15) is 4.79 Å². The fraction of sp³-hybridized carbons (Fsp3) is 0.286. The molecule has 1 heterocycles. The smallest absolute Gasteiger partial charge is 0.238 e. The first kappa shape index (κ1) is 14.7. The lowest BCUT2D eigenvalue weighted by molar-refractivity contribution is -0.115. The predicted molar refractivity (Wildman–Crippen MR) is 80.5 cm³/mol. The number of anilines is 1. The van der Waals surface area contributed by atoms with E-state index in [0.29, 0.717) is 6.54 Å². The van der Waals surface area contributed by atoms with Crippen LogP contribution in [0.1, 0.15) is 17.0 Å². The number of nitrogens with zero attached hydrogens (tertiary/aromatic N) is 1. The van der Waals surface area contributed by atoms with Crippen LogP contribution in [0.15, 0.2) is 33.3 Å². The molecule has 0 atom stereocenters. The third kappa shape index (κ3) is 3.91. The second-order valence-electron chi connectivity index (χ2n) is 4.46. The van der Waals surface area contributed by atoms with Crippen LogP contribution < -0.4 is 10.6 Å². The Morgan fingerprint density at radius 1 is 1.40 bits per heavy atom. The van der Waals surface area contributed by atoms with Crippen molar-refractivity contribution in [1.82, 2.24) is 10.5 Å². The Morgan fingerprint density at radius 2 is 2.20 bits per heavy atom. The Labute approximate surface area is 125 Å². The van der Waals surface area contributed by atoms with Gasteiger partial charge in [-0.05, 0) is 32.0 Å². The first-order valence-electron chi connectivity index (χ1n) is 6.24. The van der Waals surface area contributed by atoms with Crippen LogP contribution in [-0.4, -0.2) is 17.6 Å². The fourth-order valence-corrected chi connectivity index (χ4v) is 2.23. The summed E-state index contributed by atoms with van der Waals surface area (Å²) in [5.74, 6) is 0.692. The quantitative estimate of drug-likeness (QED) is 0.880. The van der Waals surface area contributed by atoms with Crippen LogP contribution in [0.2, 0.25) is 0 Å². The van der Waals surface area contributed by atoms with Gasteiger partial charge in [-0.2, -0.15) is 0 Å². The summed E-state index contributed by atoms with van der Waals surface area (Å²) >= 11 is 3.36. The topological polar surface area (TPSA) is 67.2 Å². The number of carbonyl (C=O) groups is 1. The largest absolute Gasteiger partial charge is 0.361 e. The van der Waals surface area contributed by atoms with Gasteiger partial charge in [0.05, 0.1) is 12.2 Å². The molecule has 20 heavy (non-hydrogen) atoms. The molecule has 106 valence electrons. The van der Waals surface area contributed by atoms with Crippen molar-refractivity contribution < 1.29 is 9.32 Å². The van der Waals surface area contributed by atoms with Gasteiger partial charge in [-0.1, -0.05) is 27.2 Å². The zero-order valence-corrected chi connectivity index (χ0v) is 13.0. The summed E-state index contributed by atoms with van der Waals surface area (Å²) in [6, 6.07) is 7.48. The monoisotopic (exact) mass is 337 g/mol. The maximum atomic E-state index is 11.8. The molecule has 5 nitrogen and oxygen atoms in total. The summed E-state index contributed by atoms with van der Waals surface area (Å²) in [6.45, 7) is 4.54. The van der Waals surface area contributed by atoms with Crippen molar-refractivity contribution in [3.05, 3.63) is 45.8 Å². The number of carbonyl (C=O) groups excluding carboxylic acids is 1. The van der Waals surface area contributed by atoms with Crippen LogP contribution in [0.4, 0.5) is 5.69 Å². The van der Waals surface area contributed by atoms with E-state index in [0.717, 1.165) is 27.2 Å². The average molecular weight is 338 g/mol. The maximum absolute atomic E-state index is 11.8. The van der Waals surface area contributed by atoms with Crippen molar-refractivity contribution in [3.63, 3.8) is 0 Å². The van der Waals surface area contributed by atoms with Crippen molar-refractivity contribution >= 4 is 27.5 Å². The summed E-state index contributed by atoms with van der Waals surface area (Å²) in [6.07, 6.45) is 0. The van der Waals surface area contributed by atoms with Crippen LogP contribution in [-0.2, 0) is 11.3 Å². The van der Waals surface area contributed by atoms with Gasteiger partial charge in [-0.15, -0.1) is 0 Å².